The molecule has 5 nitrogen and oxygen atoms in total. The van der Waals surface area contributed by atoms with Gasteiger partial charge in [-0.3, -0.25) is 0 Å². The highest BCUT2D eigenvalue weighted by molar-refractivity contribution is 5.92. The van der Waals surface area contributed by atoms with Crippen molar-refractivity contribution in [3.05, 3.63) is 53.7 Å². The molecule has 1 N–H and O–H groups in total. The summed E-state index contributed by atoms with van der Waals surface area (Å²) in [4.78, 5) is 8.45. The molecule has 0 amide bonds. The summed E-state index contributed by atoms with van der Waals surface area (Å²) in [7, 11) is 0. The Balaban J connectivity index is 1.90. The van der Waals surface area contributed by atoms with E-state index in [2.05, 4.69) is 31.5 Å². The summed E-state index contributed by atoms with van der Waals surface area (Å²) in [6.07, 6.45) is 1.76. The molecule has 0 unspecified atom stereocenters. The van der Waals surface area contributed by atoms with Crippen molar-refractivity contribution in [2.24, 2.45) is 0 Å². The number of aromatic nitrogens is 4. The molecule has 3 rings (SSSR count). The Morgan fingerprint density at radius 2 is 1.80 bits per heavy atom. The zero-order valence-corrected chi connectivity index (χ0v) is 11.5. The van der Waals surface area contributed by atoms with Crippen LogP contribution in [0.2, 0.25) is 0 Å². The lowest BCUT2D eigenvalue weighted by Crippen LogP contribution is -2.06. The van der Waals surface area contributed by atoms with Gasteiger partial charge in [-0.25, -0.2) is 9.97 Å². The summed E-state index contributed by atoms with van der Waals surface area (Å²) >= 11 is 0. The van der Waals surface area contributed by atoms with Gasteiger partial charge in [0.15, 0.2) is 5.82 Å². The Labute approximate surface area is 117 Å². The first-order valence-electron chi connectivity index (χ1n) is 6.48. The van der Waals surface area contributed by atoms with Crippen LogP contribution in [-0.4, -0.2) is 20.2 Å². The molecule has 100 valence electrons. The molecule has 3 aromatic rings. The maximum atomic E-state index is 4.36. The Morgan fingerprint density at radius 3 is 2.60 bits per heavy atom. The molecule has 0 aliphatic rings. The van der Waals surface area contributed by atoms with Gasteiger partial charge in [0, 0.05) is 17.0 Å². The minimum absolute atomic E-state index is 0.602. The van der Waals surface area contributed by atoms with Crippen LogP contribution >= 0.6 is 0 Å². The summed E-state index contributed by atoms with van der Waals surface area (Å²) in [6.45, 7) is 4.45. The van der Waals surface area contributed by atoms with Gasteiger partial charge in [0.25, 0.3) is 0 Å². The van der Waals surface area contributed by atoms with Crippen molar-refractivity contribution in [1.29, 1.82) is 0 Å². The van der Waals surface area contributed by atoms with Crippen LogP contribution < -0.4 is 5.32 Å². The first-order valence-corrected chi connectivity index (χ1v) is 6.48. The van der Waals surface area contributed by atoms with Gasteiger partial charge >= 0.3 is 0 Å². The van der Waals surface area contributed by atoms with Gasteiger partial charge in [-0.2, -0.15) is 5.10 Å². The van der Waals surface area contributed by atoms with E-state index < -0.39 is 0 Å². The predicted octanol–water partition coefficient (Wildman–Crippen LogP) is 2.65. The van der Waals surface area contributed by atoms with Gasteiger partial charge < -0.3 is 5.32 Å². The lowest BCUT2D eigenvalue weighted by molar-refractivity contribution is 0.934. The highest BCUT2D eigenvalue weighted by Gasteiger charge is 2.06. The molecule has 2 aromatic heterocycles. The van der Waals surface area contributed by atoms with Crippen molar-refractivity contribution >= 4 is 16.6 Å². The molecule has 0 bridgehead atoms. The molecule has 0 radical (unpaired) electrons. The van der Waals surface area contributed by atoms with E-state index in [0.29, 0.717) is 6.54 Å². The molecule has 0 saturated carbocycles. The van der Waals surface area contributed by atoms with Crippen molar-refractivity contribution in [2.45, 2.75) is 20.4 Å². The van der Waals surface area contributed by atoms with Crippen molar-refractivity contribution < 1.29 is 0 Å². The van der Waals surface area contributed by atoms with E-state index in [1.165, 1.54) is 0 Å². The molecule has 5 heteroatoms. The van der Waals surface area contributed by atoms with Crippen molar-refractivity contribution in [3.63, 3.8) is 0 Å². The fourth-order valence-corrected chi connectivity index (χ4v) is 2.15. The molecular weight excluding hydrogens is 250 g/mol. The second kappa shape index (κ2) is 5.21. The molecule has 20 heavy (non-hydrogen) atoms. The number of hydrogen-bond acceptors (Lipinski definition) is 5. The summed E-state index contributed by atoms with van der Waals surface area (Å²) in [6, 6.07) is 10.0. The average Bonchev–Trinajstić information content (AvgIpc) is 2.47. The molecule has 2 heterocycles. The van der Waals surface area contributed by atoms with Gasteiger partial charge in [0.05, 0.1) is 17.9 Å². The third-order valence-electron chi connectivity index (χ3n) is 3.14. The minimum Gasteiger partial charge on any atom is -0.362 e. The summed E-state index contributed by atoms with van der Waals surface area (Å²) < 4.78 is 0. The molecule has 0 saturated heterocycles. The second-order valence-corrected chi connectivity index (χ2v) is 4.63. The normalized spacial score (nSPS) is 10.7. The van der Waals surface area contributed by atoms with E-state index in [1.807, 2.05) is 38.1 Å². The highest BCUT2D eigenvalue weighted by atomic mass is 15.2. The van der Waals surface area contributed by atoms with Gasteiger partial charge in [0.2, 0.25) is 0 Å². The van der Waals surface area contributed by atoms with E-state index in [0.717, 1.165) is 33.8 Å². The smallest absolute Gasteiger partial charge is 0.156 e. The Bertz CT molecular complexity index is 754. The van der Waals surface area contributed by atoms with Crippen LogP contribution in [-0.2, 0) is 6.54 Å². The molecule has 1 aromatic carbocycles. The quantitative estimate of drug-likeness (QED) is 0.788. The van der Waals surface area contributed by atoms with Crippen LogP contribution in [0.3, 0.4) is 0 Å². The van der Waals surface area contributed by atoms with Crippen LogP contribution in [0.5, 0.6) is 0 Å². The lowest BCUT2D eigenvalue weighted by Gasteiger charge is -2.09. The largest absolute Gasteiger partial charge is 0.362 e. The number of hydrogen-bond donors (Lipinski definition) is 1. The number of nitrogens with zero attached hydrogens (tertiary/aromatic N) is 4. The van der Waals surface area contributed by atoms with E-state index in [4.69, 9.17) is 0 Å². The third-order valence-corrected chi connectivity index (χ3v) is 3.14. The maximum absolute atomic E-state index is 4.36. The monoisotopic (exact) mass is 265 g/mol. The minimum atomic E-state index is 0.602. The zero-order valence-electron chi connectivity index (χ0n) is 11.5. The number of rotatable bonds is 3. The number of anilines is 1. The number of nitrogens with one attached hydrogen (secondary N) is 1. The third kappa shape index (κ3) is 2.42. The average molecular weight is 265 g/mol. The number of benzene rings is 1. The number of fused-ring (bicyclic) bond motifs is 1. The van der Waals surface area contributed by atoms with E-state index in [9.17, 15) is 0 Å². The number of aryl methyl sites for hydroxylation is 2. The lowest BCUT2D eigenvalue weighted by atomic mass is 10.1. The summed E-state index contributed by atoms with van der Waals surface area (Å²) in [5, 5.41) is 13.9. The SMILES string of the molecule is Cc1nccc(CNc2nnc(C)c3ccccc23)n1. The summed E-state index contributed by atoms with van der Waals surface area (Å²) in [5.41, 5.74) is 1.87. The van der Waals surface area contributed by atoms with Gasteiger partial charge in [0.1, 0.15) is 5.82 Å². The first-order chi connectivity index (χ1) is 9.74. The van der Waals surface area contributed by atoms with E-state index in [-0.39, 0.29) is 0 Å². The fourth-order valence-electron chi connectivity index (χ4n) is 2.15. The van der Waals surface area contributed by atoms with Crippen molar-refractivity contribution in [1.82, 2.24) is 20.2 Å². The zero-order chi connectivity index (χ0) is 13.9. The molecular formula is C15H15N5. The van der Waals surface area contributed by atoms with Crippen LogP contribution in [0.4, 0.5) is 5.82 Å². The van der Waals surface area contributed by atoms with E-state index in [1.54, 1.807) is 6.20 Å². The Hall–Kier alpha value is -2.56. The first kappa shape index (κ1) is 12.5. The van der Waals surface area contributed by atoms with Crippen molar-refractivity contribution in [3.8, 4) is 0 Å². The van der Waals surface area contributed by atoms with Gasteiger partial charge in [-0.1, -0.05) is 24.3 Å². The van der Waals surface area contributed by atoms with Crippen LogP contribution in [0.25, 0.3) is 10.8 Å². The predicted molar refractivity (Wildman–Crippen MR) is 78.4 cm³/mol. The maximum Gasteiger partial charge on any atom is 0.156 e. The van der Waals surface area contributed by atoms with Crippen molar-refractivity contribution in [2.75, 3.05) is 5.32 Å². The van der Waals surface area contributed by atoms with Crippen LogP contribution in [0.15, 0.2) is 36.5 Å². The fraction of sp³-hybridized carbons (Fsp3) is 0.200. The van der Waals surface area contributed by atoms with Gasteiger partial charge in [-0.15, -0.1) is 5.10 Å². The molecule has 0 aliphatic heterocycles. The standard InChI is InChI=1S/C15H15N5/c1-10-13-5-3-4-6-14(13)15(20-19-10)17-9-12-7-8-16-11(2)18-12/h3-8H,9H2,1-2H3,(H,17,20). The molecule has 0 atom stereocenters. The topological polar surface area (TPSA) is 63.6 Å². The summed E-state index contributed by atoms with van der Waals surface area (Å²) in [5.74, 6) is 1.55. The highest BCUT2D eigenvalue weighted by Crippen LogP contribution is 2.22. The van der Waals surface area contributed by atoms with Gasteiger partial charge in [-0.05, 0) is 19.9 Å². The van der Waals surface area contributed by atoms with E-state index >= 15 is 0 Å². The Morgan fingerprint density at radius 1 is 1.00 bits per heavy atom. The molecule has 0 aliphatic carbocycles. The van der Waals surface area contributed by atoms with Crippen LogP contribution in [0.1, 0.15) is 17.2 Å². The Kier molecular flexibility index (Phi) is 3.25. The second-order valence-electron chi connectivity index (χ2n) is 4.63. The van der Waals surface area contributed by atoms with Crippen LogP contribution in [0, 0.1) is 13.8 Å². The molecule has 0 fully saturated rings. The molecule has 0 spiro atoms.